The average Bonchev–Trinajstić information content (AvgIpc) is 3.41. The van der Waals surface area contributed by atoms with Crippen LogP contribution in [0.4, 0.5) is 0 Å². The standard InChI is InChI=1S/C69H127N2O7P/c1-7-10-13-16-19-22-25-28-30-32-34-35-37-38-40-43-46-49-52-55-58-61-68(72)70-66(65-77-79(74,75)76-64-63-71(4,5)6)67(60-57-54-51-48-45-42-27-24-21-18-15-12-9-3)78-69(73)62-59-56-53-50-47-44-41-39-36-33-31-29-26-23-20-17-14-11-8-2/h20,23,28-31,36,39,44,47,57,60,66-67H,7-19,21-22,24-27,32-35,37-38,40-43,45-46,48-56,58-59,61-65H2,1-6H3,(H-,70,72,74,75)/b23-20-,30-28+,31-29-,39-36-,47-44-,60-57+. The molecule has 9 nitrogen and oxygen atoms in total. The van der Waals surface area contributed by atoms with Crippen LogP contribution in [-0.2, 0) is 27.9 Å². The van der Waals surface area contributed by atoms with Crippen LogP contribution in [-0.4, -0.2) is 69.4 Å². The van der Waals surface area contributed by atoms with Gasteiger partial charge in [-0.1, -0.05) is 261 Å². The van der Waals surface area contributed by atoms with E-state index in [2.05, 4.69) is 86.8 Å². The van der Waals surface area contributed by atoms with Crippen LogP contribution in [0.15, 0.2) is 72.9 Å². The Bertz CT molecular complexity index is 1580. The lowest BCUT2D eigenvalue weighted by atomic mass is 10.0. The van der Waals surface area contributed by atoms with Crippen molar-refractivity contribution in [1.29, 1.82) is 0 Å². The number of phosphoric ester groups is 1. The van der Waals surface area contributed by atoms with Crippen LogP contribution >= 0.6 is 7.82 Å². The number of rotatable bonds is 60. The molecule has 0 aromatic heterocycles. The minimum Gasteiger partial charge on any atom is -0.756 e. The second kappa shape index (κ2) is 58.6. The maximum atomic E-state index is 13.6. The number of quaternary nitrogens is 1. The van der Waals surface area contributed by atoms with Gasteiger partial charge in [0.2, 0.25) is 5.91 Å². The van der Waals surface area contributed by atoms with Gasteiger partial charge < -0.3 is 28.5 Å². The fourth-order valence-corrected chi connectivity index (χ4v) is 10.2. The average molecular weight is 1130 g/mol. The molecule has 0 aliphatic rings. The fourth-order valence-electron chi connectivity index (χ4n) is 9.44. The number of amides is 1. The summed E-state index contributed by atoms with van der Waals surface area (Å²) < 4.78 is 30.4. The summed E-state index contributed by atoms with van der Waals surface area (Å²) in [6, 6.07) is -0.905. The van der Waals surface area contributed by atoms with Gasteiger partial charge in [0.1, 0.15) is 19.3 Å². The van der Waals surface area contributed by atoms with Gasteiger partial charge in [0.15, 0.2) is 0 Å². The van der Waals surface area contributed by atoms with Crippen LogP contribution < -0.4 is 10.2 Å². The van der Waals surface area contributed by atoms with Crippen LogP contribution in [0.5, 0.6) is 0 Å². The highest BCUT2D eigenvalue weighted by atomic mass is 31.2. The summed E-state index contributed by atoms with van der Waals surface area (Å²) in [5.74, 6) is -0.571. The topological polar surface area (TPSA) is 114 Å². The van der Waals surface area contributed by atoms with Crippen LogP contribution in [0.2, 0.25) is 0 Å². The van der Waals surface area contributed by atoms with E-state index in [9.17, 15) is 19.0 Å². The van der Waals surface area contributed by atoms with Crippen LogP contribution in [0.3, 0.4) is 0 Å². The number of carbonyl (C=O) groups is 2. The molecular formula is C69H127N2O7P. The summed E-state index contributed by atoms with van der Waals surface area (Å²) in [6.45, 7) is 6.81. The third-order valence-corrected chi connectivity index (χ3v) is 15.6. The minimum absolute atomic E-state index is 0.0293. The van der Waals surface area contributed by atoms with Crippen LogP contribution in [0, 0.1) is 0 Å². The molecule has 79 heavy (non-hydrogen) atoms. The highest BCUT2D eigenvalue weighted by Crippen LogP contribution is 2.38. The van der Waals surface area contributed by atoms with E-state index in [0.717, 1.165) is 77.0 Å². The summed E-state index contributed by atoms with van der Waals surface area (Å²) in [7, 11) is 1.17. The Hall–Kier alpha value is -2.55. The van der Waals surface area contributed by atoms with Gasteiger partial charge in [-0.3, -0.25) is 14.2 Å². The second-order valence-electron chi connectivity index (χ2n) is 23.6. The van der Waals surface area contributed by atoms with E-state index in [1.54, 1.807) is 0 Å². The second-order valence-corrected chi connectivity index (χ2v) is 25.0. The Morgan fingerprint density at radius 2 is 0.772 bits per heavy atom. The molecule has 3 unspecified atom stereocenters. The Morgan fingerprint density at radius 3 is 1.20 bits per heavy atom. The molecule has 3 atom stereocenters. The van der Waals surface area contributed by atoms with E-state index in [0.29, 0.717) is 23.9 Å². The van der Waals surface area contributed by atoms with E-state index in [-0.39, 0.29) is 24.9 Å². The smallest absolute Gasteiger partial charge is 0.306 e. The van der Waals surface area contributed by atoms with Gasteiger partial charge in [0, 0.05) is 12.8 Å². The van der Waals surface area contributed by atoms with Crippen molar-refractivity contribution in [2.75, 3.05) is 40.9 Å². The van der Waals surface area contributed by atoms with Crippen molar-refractivity contribution in [1.82, 2.24) is 5.32 Å². The minimum atomic E-state index is -4.71. The summed E-state index contributed by atoms with van der Waals surface area (Å²) in [4.78, 5) is 40.1. The lowest BCUT2D eigenvalue weighted by molar-refractivity contribution is -0.870. The van der Waals surface area contributed by atoms with E-state index in [4.69, 9.17) is 13.8 Å². The van der Waals surface area contributed by atoms with E-state index in [1.165, 1.54) is 186 Å². The molecule has 0 heterocycles. The van der Waals surface area contributed by atoms with Crippen molar-refractivity contribution in [2.24, 2.45) is 0 Å². The molecule has 1 N–H and O–H groups in total. The van der Waals surface area contributed by atoms with Crippen molar-refractivity contribution in [2.45, 2.75) is 315 Å². The van der Waals surface area contributed by atoms with Crippen molar-refractivity contribution in [3.8, 4) is 0 Å². The van der Waals surface area contributed by atoms with Gasteiger partial charge in [0.05, 0.1) is 33.8 Å². The quantitative estimate of drug-likeness (QED) is 0.0212. The van der Waals surface area contributed by atoms with E-state index in [1.807, 2.05) is 33.3 Å². The number of hydrogen-bond donors (Lipinski definition) is 1. The lowest BCUT2D eigenvalue weighted by Gasteiger charge is -2.30. The Balaban J connectivity index is 5.26. The van der Waals surface area contributed by atoms with Gasteiger partial charge in [-0.15, -0.1) is 0 Å². The number of allylic oxidation sites excluding steroid dienone is 11. The van der Waals surface area contributed by atoms with Crippen LogP contribution in [0.25, 0.3) is 0 Å². The van der Waals surface area contributed by atoms with Gasteiger partial charge in [-0.2, -0.15) is 0 Å². The first kappa shape index (κ1) is 76.5. The van der Waals surface area contributed by atoms with Crippen molar-refractivity contribution >= 4 is 19.7 Å². The summed E-state index contributed by atoms with van der Waals surface area (Å²) >= 11 is 0. The highest BCUT2D eigenvalue weighted by molar-refractivity contribution is 7.45. The molecular weight excluding hydrogens is 1000 g/mol. The number of likely N-dealkylation sites (N-methyl/N-ethyl adjacent to an activating group) is 1. The zero-order valence-corrected chi connectivity index (χ0v) is 53.5. The normalized spacial score (nSPS) is 14.1. The summed E-state index contributed by atoms with van der Waals surface area (Å²) in [5.41, 5.74) is 0. The third-order valence-electron chi connectivity index (χ3n) is 14.6. The first-order chi connectivity index (χ1) is 38.4. The number of ether oxygens (including phenoxy) is 1. The van der Waals surface area contributed by atoms with Gasteiger partial charge in [-0.05, 0) is 102 Å². The molecule has 0 rings (SSSR count). The Morgan fingerprint density at radius 1 is 0.443 bits per heavy atom. The predicted molar refractivity (Wildman–Crippen MR) is 339 cm³/mol. The molecule has 0 aromatic rings. The number of unbranched alkanes of at least 4 members (excludes halogenated alkanes) is 34. The van der Waals surface area contributed by atoms with Crippen molar-refractivity contribution in [3.05, 3.63) is 72.9 Å². The zero-order valence-electron chi connectivity index (χ0n) is 52.6. The molecule has 0 saturated heterocycles. The van der Waals surface area contributed by atoms with E-state index < -0.39 is 26.6 Å². The maximum Gasteiger partial charge on any atom is 0.306 e. The molecule has 0 spiro atoms. The Labute approximate surface area is 489 Å². The van der Waals surface area contributed by atoms with Crippen molar-refractivity contribution in [3.63, 3.8) is 0 Å². The number of nitrogens with zero attached hydrogens (tertiary/aromatic N) is 1. The number of phosphoric acid groups is 1. The number of carbonyl (C=O) groups excluding carboxylic acids is 2. The molecule has 10 heteroatoms. The summed E-state index contributed by atoms with van der Waals surface area (Å²) in [6.07, 6.45) is 75.8. The molecule has 0 aliphatic heterocycles. The first-order valence-corrected chi connectivity index (χ1v) is 34.7. The van der Waals surface area contributed by atoms with E-state index >= 15 is 0 Å². The Kier molecular flexibility index (Phi) is 56.7. The third kappa shape index (κ3) is 59.9. The zero-order chi connectivity index (χ0) is 57.9. The lowest BCUT2D eigenvalue weighted by Crippen LogP contribution is -2.47. The monoisotopic (exact) mass is 1130 g/mol. The molecule has 0 aromatic carbocycles. The number of hydrogen-bond acceptors (Lipinski definition) is 7. The maximum absolute atomic E-state index is 13.6. The molecule has 460 valence electrons. The molecule has 0 saturated carbocycles. The van der Waals surface area contributed by atoms with Gasteiger partial charge in [0.25, 0.3) is 7.82 Å². The fraction of sp³-hybridized carbons (Fsp3) is 0.797. The van der Waals surface area contributed by atoms with Gasteiger partial charge >= 0.3 is 5.97 Å². The number of nitrogens with one attached hydrogen (secondary N) is 1. The summed E-state index contributed by atoms with van der Waals surface area (Å²) in [5, 5.41) is 3.03. The highest BCUT2D eigenvalue weighted by Gasteiger charge is 2.27. The molecule has 1 amide bonds. The molecule has 0 aliphatic carbocycles. The molecule has 0 fully saturated rings. The molecule has 0 radical (unpaired) electrons. The van der Waals surface area contributed by atoms with Crippen molar-refractivity contribution < 1.29 is 37.3 Å². The first-order valence-electron chi connectivity index (χ1n) is 33.2. The van der Waals surface area contributed by atoms with Gasteiger partial charge in [-0.25, -0.2) is 0 Å². The van der Waals surface area contributed by atoms with Crippen LogP contribution in [0.1, 0.15) is 303 Å². The predicted octanol–water partition coefficient (Wildman–Crippen LogP) is 20.2. The SMILES string of the molecule is CCCCC/C=C\C/C=C\C/C=C\C/C=C\CCCCCC(=O)OC(/C=C/CCCCCCCCCCCCC)C(COP(=O)([O-])OCC[N+](C)(C)C)NC(=O)CCCCCCCCCCCCC/C=C/CCCCCCCC. The number of esters is 1. The molecule has 0 bridgehead atoms. The largest absolute Gasteiger partial charge is 0.756 e.